The summed E-state index contributed by atoms with van der Waals surface area (Å²) in [7, 11) is 0. The quantitative estimate of drug-likeness (QED) is 0.0422. The Labute approximate surface area is 351 Å². The first-order valence-corrected chi connectivity index (χ1v) is 25.6. The summed E-state index contributed by atoms with van der Waals surface area (Å²) < 4.78 is 5.14. The number of esters is 1. The van der Waals surface area contributed by atoms with E-state index in [1.165, 1.54) is 257 Å². The van der Waals surface area contributed by atoms with Gasteiger partial charge in [0.25, 0.3) is 0 Å². The molecule has 0 aliphatic carbocycles. The zero-order chi connectivity index (χ0) is 40.7. The van der Waals surface area contributed by atoms with Crippen molar-refractivity contribution < 1.29 is 24.9 Å². The number of rotatable bonds is 49. The second-order valence-electron chi connectivity index (χ2n) is 18.2. The van der Waals surface area contributed by atoms with Gasteiger partial charge in [-0.1, -0.05) is 277 Å². The van der Waals surface area contributed by atoms with Gasteiger partial charge in [0.15, 0.2) is 0 Å². The summed E-state index contributed by atoms with van der Waals surface area (Å²) in [4.78, 5) is 11.9. The lowest BCUT2D eigenvalue weighted by molar-refractivity contribution is -0.151. The lowest BCUT2D eigenvalue weighted by Gasteiger charge is -2.26. The van der Waals surface area contributed by atoms with Crippen LogP contribution >= 0.6 is 0 Å². The highest BCUT2D eigenvalue weighted by Gasteiger charge is 2.30. The van der Waals surface area contributed by atoms with Crippen LogP contribution in [0.4, 0.5) is 0 Å². The van der Waals surface area contributed by atoms with Crippen LogP contribution in [0.5, 0.6) is 0 Å². The van der Waals surface area contributed by atoms with Gasteiger partial charge >= 0.3 is 5.97 Å². The minimum absolute atomic E-state index is 0.144. The summed E-state index contributed by atoms with van der Waals surface area (Å²) in [6, 6.07) is 0. The number of aliphatic hydroxyl groups excluding tert-OH is 3. The standard InChI is InChI=1S/C51H102O5/c1-2-3-4-5-6-7-8-9-10-11-12-13-14-15-16-17-18-19-20-21-22-23-24-25-26-27-28-29-30-31-32-33-34-35-36-37-38-39-40-41-42-43-44-45-50(55)56-49-51(46-52,47-53)48-54/h52-54H,2-49H2,1H3. The van der Waals surface area contributed by atoms with Crippen LogP contribution in [0.1, 0.15) is 289 Å². The van der Waals surface area contributed by atoms with Gasteiger partial charge in [-0.25, -0.2) is 0 Å². The smallest absolute Gasteiger partial charge is 0.305 e. The number of hydrogen-bond acceptors (Lipinski definition) is 5. The highest BCUT2D eigenvalue weighted by Crippen LogP contribution is 2.19. The van der Waals surface area contributed by atoms with Gasteiger partial charge in [0.1, 0.15) is 6.61 Å². The van der Waals surface area contributed by atoms with E-state index in [4.69, 9.17) is 4.74 Å². The van der Waals surface area contributed by atoms with Gasteiger partial charge in [-0.15, -0.1) is 0 Å². The molecule has 0 fully saturated rings. The summed E-state index contributed by atoms with van der Waals surface area (Å²) in [5, 5.41) is 27.9. The Bertz CT molecular complexity index is 730. The monoisotopic (exact) mass is 795 g/mol. The normalized spacial score (nSPS) is 11.9. The molecule has 336 valence electrons. The molecule has 5 nitrogen and oxygen atoms in total. The summed E-state index contributed by atoms with van der Waals surface area (Å²) >= 11 is 0. The van der Waals surface area contributed by atoms with Crippen LogP contribution in [0, 0.1) is 5.41 Å². The van der Waals surface area contributed by atoms with E-state index in [1.807, 2.05) is 0 Å². The van der Waals surface area contributed by atoms with Crippen molar-refractivity contribution in [2.75, 3.05) is 26.4 Å². The molecule has 0 aromatic carbocycles. The van der Waals surface area contributed by atoms with Crippen molar-refractivity contribution in [1.82, 2.24) is 0 Å². The highest BCUT2D eigenvalue weighted by molar-refractivity contribution is 5.69. The Morgan fingerprint density at radius 3 is 0.679 bits per heavy atom. The van der Waals surface area contributed by atoms with Gasteiger partial charge < -0.3 is 20.1 Å². The topological polar surface area (TPSA) is 87.0 Å². The first-order chi connectivity index (χ1) is 27.6. The van der Waals surface area contributed by atoms with Gasteiger partial charge in [-0.05, 0) is 6.42 Å². The largest absolute Gasteiger partial charge is 0.465 e. The van der Waals surface area contributed by atoms with Crippen LogP contribution in [0.25, 0.3) is 0 Å². The van der Waals surface area contributed by atoms with E-state index in [-0.39, 0.29) is 12.6 Å². The molecule has 0 bridgehead atoms. The molecule has 0 radical (unpaired) electrons. The predicted octanol–water partition coefficient (Wildman–Crippen LogP) is 15.7. The molecule has 0 saturated carbocycles. The SMILES string of the molecule is CCCCCCCCCCCCCCCCCCCCCCCCCCCCCCCCCCCCCCCCCCCCCC(=O)OCC(CO)(CO)CO. The van der Waals surface area contributed by atoms with E-state index >= 15 is 0 Å². The van der Waals surface area contributed by atoms with Crippen molar-refractivity contribution in [3.8, 4) is 0 Å². The lowest BCUT2D eigenvalue weighted by Crippen LogP contribution is -2.39. The van der Waals surface area contributed by atoms with Crippen LogP contribution in [0.15, 0.2) is 0 Å². The van der Waals surface area contributed by atoms with Crippen molar-refractivity contribution in [2.24, 2.45) is 5.41 Å². The van der Waals surface area contributed by atoms with Crippen LogP contribution in [0.3, 0.4) is 0 Å². The minimum Gasteiger partial charge on any atom is -0.465 e. The first-order valence-electron chi connectivity index (χ1n) is 25.6. The van der Waals surface area contributed by atoms with Crippen molar-refractivity contribution in [3.63, 3.8) is 0 Å². The van der Waals surface area contributed by atoms with Crippen molar-refractivity contribution >= 4 is 5.97 Å². The molecule has 0 atom stereocenters. The molecule has 0 aromatic rings. The number of unbranched alkanes of at least 4 members (excludes halogenated alkanes) is 42. The summed E-state index contributed by atoms with van der Waals surface area (Å²) in [6.45, 7) is 0.933. The molecule has 0 aliphatic heterocycles. The van der Waals surface area contributed by atoms with E-state index in [2.05, 4.69) is 6.92 Å². The molecular formula is C51H102O5. The first kappa shape index (κ1) is 55.4. The molecular weight excluding hydrogens is 693 g/mol. The van der Waals surface area contributed by atoms with Crippen LogP contribution in [-0.4, -0.2) is 47.7 Å². The van der Waals surface area contributed by atoms with Crippen LogP contribution in [-0.2, 0) is 9.53 Å². The number of carbonyl (C=O) groups excluding carboxylic acids is 1. The van der Waals surface area contributed by atoms with Gasteiger partial charge in [0.2, 0.25) is 0 Å². The Kier molecular flexibility index (Phi) is 46.5. The minimum atomic E-state index is -1.14. The number of ether oxygens (including phenoxy) is 1. The van der Waals surface area contributed by atoms with Crippen LogP contribution in [0.2, 0.25) is 0 Å². The molecule has 0 rings (SSSR count). The van der Waals surface area contributed by atoms with E-state index < -0.39 is 25.2 Å². The fourth-order valence-electron chi connectivity index (χ4n) is 8.18. The number of carbonyl (C=O) groups is 1. The predicted molar refractivity (Wildman–Crippen MR) is 243 cm³/mol. The third-order valence-electron chi connectivity index (χ3n) is 12.5. The second kappa shape index (κ2) is 47.0. The van der Waals surface area contributed by atoms with Crippen LogP contribution < -0.4 is 0 Å². The van der Waals surface area contributed by atoms with Gasteiger partial charge in [-0.2, -0.15) is 0 Å². The van der Waals surface area contributed by atoms with Gasteiger partial charge in [0.05, 0.1) is 25.2 Å². The fraction of sp³-hybridized carbons (Fsp3) is 0.980. The van der Waals surface area contributed by atoms with Crippen molar-refractivity contribution in [1.29, 1.82) is 0 Å². The Hall–Kier alpha value is -0.650. The third kappa shape index (κ3) is 41.5. The van der Waals surface area contributed by atoms with E-state index in [1.54, 1.807) is 0 Å². The van der Waals surface area contributed by atoms with Gasteiger partial charge in [-0.3, -0.25) is 4.79 Å². The summed E-state index contributed by atoms with van der Waals surface area (Å²) in [6.07, 6.45) is 61.0. The maximum absolute atomic E-state index is 11.9. The van der Waals surface area contributed by atoms with E-state index in [9.17, 15) is 20.1 Å². The molecule has 0 spiro atoms. The zero-order valence-electron chi connectivity index (χ0n) is 38.1. The van der Waals surface area contributed by atoms with Crippen molar-refractivity contribution in [2.45, 2.75) is 289 Å². The zero-order valence-corrected chi connectivity index (χ0v) is 38.1. The summed E-state index contributed by atoms with van der Waals surface area (Å²) in [5.41, 5.74) is -1.14. The molecule has 0 heterocycles. The molecule has 3 N–H and O–H groups in total. The summed E-state index contributed by atoms with van der Waals surface area (Å²) in [5.74, 6) is -0.318. The van der Waals surface area contributed by atoms with E-state index in [0.29, 0.717) is 6.42 Å². The molecule has 0 saturated heterocycles. The number of hydrogen-bond donors (Lipinski definition) is 3. The Balaban J connectivity index is 3.15. The number of aliphatic hydroxyl groups is 3. The highest BCUT2D eigenvalue weighted by atomic mass is 16.5. The maximum Gasteiger partial charge on any atom is 0.305 e. The molecule has 56 heavy (non-hydrogen) atoms. The van der Waals surface area contributed by atoms with E-state index in [0.717, 1.165) is 19.3 Å². The lowest BCUT2D eigenvalue weighted by atomic mass is 9.93. The Morgan fingerprint density at radius 2 is 0.500 bits per heavy atom. The molecule has 0 aromatic heterocycles. The average Bonchev–Trinajstić information content (AvgIpc) is 3.21. The second-order valence-corrected chi connectivity index (χ2v) is 18.2. The third-order valence-corrected chi connectivity index (χ3v) is 12.5. The molecule has 0 unspecified atom stereocenters. The molecule has 5 heteroatoms. The average molecular weight is 795 g/mol. The van der Waals surface area contributed by atoms with Crippen molar-refractivity contribution in [3.05, 3.63) is 0 Å². The molecule has 0 amide bonds. The Morgan fingerprint density at radius 1 is 0.321 bits per heavy atom. The maximum atomic E-state index is 11.9. The van der Waals surface area contributed by atoms with Gasteiger partial charge in [0, 0.05) is 6.42 Å². The fourth-order valence-corrected chi connectivity index (χ4v) is 8.18. The molecule has 0 aliphatic rings.